The molecule has 2 aliphatic rings. The van der Waals surface area contributed by atoms with Crippen molar-refractivity contribution in [1.82, 2.24) is 14.3 Å². The van der Waals surface area contributed by atoms with Crippen LogP contribution < -0.4 is 10.0 Å². The molecule has 0 aromatic carbocycles. The molecule has 1 heterocycles. The Kier molecular flexibility index (Phi) is 5.64. The van der Waals surface area contributed by atoms with Crippen LogP contribution in [0, 0.1) is 5.92 Å². The van der Waals surface area contributed by atoms with E-state index in [0.29, 0.717) is 19.0 Å². The van der Waals surface area contributed by atoms with Crippen LogP contribution in [0.15, 0.2) is 0 Å². The van der Waals surface area contributed by atoms with E-state index in [1.807, 2.05) is 0 Å². The van der Waals surface area contributed by atoms with Gasteiger partial charge in [0.15, 0.2) is 9.84 Å². The highest BCUT2D eigenvalue weighted by Gasteiger charge is 2.29. The Bertz CT molecular complexity index is 543. The summed E-state index contributed by atoms with van der Waals surface area (Å²) in [6.07, 6.45) is 3.76. The van der Waals surface area contributed by atoms with Crippen LogP contribution in [0.25, 0.3) is 0 Å². The quantitative estimate of drug-likeness (QED) is 0.543. The van der Waals surface area contributed by atoms with Crippen LogP contribution >= 0.6 is 0 Å². The molecule has 1 atom stereocenters. The minimum Gasteiger partial charge on any atom is -0.314 e. The van der Waals surface area contributed by atoms with Crippen LogP contribution in [0.2, 0.25) is 0 Å². The van der Waals surface area contributed by atoms with Gasteiger partial charge in [-0.1, -0.05) is 0 Å². The summed E-state index contributed by atoms with van der Waals surface area (Å²) < 4.78 is 50.6. The van der Waals surface area contributed by atoms with Gasteiger partial charge in [0.1, 0.15) is 0 Å². The Morgan fingerprint density at radius 3 is 2.52 bits per heavy atom. The molecule has 2 rings (SSSR count). The summed E-state index contributed by atoms with van der Waals surface area (Å²) in [4.78, 5) is 0. The normalized spacial score (nSPS) is 25.5. The van der Waals surface area contributed by atoms with Crippen molar-refractivity contribution < 1.29 is 16.8 Å². The summed E-state index contributed by atoms with van der Waals surface area (Å²) in [6, 6.07) is 0.634. The highest BCUT2D eigenvalue weighted by Crippen LogP contribution is 2.18. The fourth-order valence-electron chi connectivity index (χ4n) is 2.38. The topological polar surface area (TPSA) is 95.6 Å². The minimum absolute atomic E-state index is 0.0878. The number of hydrogen-bond donors (Lipinski definition) is 2. The molecule has 0 radical (unpaired) electrons. The smallest absolute Gasteiger partial charge is 0.279 e. The molecule has 0 aromatic rings. The molecule has 1 unspecified atom stereocenters. The molecule has 0 amide bonds. The van der Waals surface area contributed by atoms with Gasteiger partial charge in [-0.25, -0.2) is 13.1 Å². The van der Waals surface area contributed by atoms with Gasteiger partial charge < -0.3 is 5.32 Å². The van der Waals surface area contributed by atoms with E-state index in [4.69, 9.17) is 0 Å². The zero-order valence-electron chi connectivity index (χ0n) is 12.4. The van der Waals surface area contributed by atoms with E-state index < -0.39 is 20.0 Å². The first kappa shape index (κ1) is 17.1. The average Bonchev–Trinajstić information content (AvgIpc) is 3.15. The maximum absolute atomic E-state index is 12.0. The zero-order chi connectivity index (χ0) is 15.5. The molecule has 1 saturated carbocycles. The Hall–Kier alpha value is -0.220. The summed E-state index contributed by atoms with van der Waals surface area (Å²) in [5.41, 5.74) is 0. The van der Waals surface area contributed by atoms with E-state index in [0.717, 1.165) is 13.0 Å². The molecule has 1 aliphatic carbocycles. The highest BCUT2D eigenvalue weighted by atomic mass is 32.2. The van der Waals surface area contributed by atoms with Crippen molar-refractivity contribution in [2.75, 3.05) is 38.2 Å². The Labute approximate surface area is 127 Å². The van der Waals surface area contributed by atoms with Crippen molar-refractivity contribution in [3.8, 4) is 0 Å². The lowest BCUT2D eigenvalue weighted by atomic mass is 10.1. The van der Waals surface area contributed by atoms with E-state index in [-0.39, 0.29) is 24.0 Å². The second-order valence-corrected chi connectivity index (χ2v) is 10.1. The van der Waals surface area contributed by atoms with Gasteiger partial charge in [-0.3, -0.25) is 0 Å². The van der Waals surface area contributed by atoms with E-state index in [9.17, 15) is 16.8 Å². The summed E-state index contributed by atoms with van der Waals surface area (Å²) in [6.45, 7) is 1.48. The number of nitrogens with one attached hydrogen (secondary N) is 2. The largest absolute Gasteiger partial charge is 0.314 e. The summed E-state index contributed by atoms with van der Waals surface area (Å²) >= 11 is 0. The third-order valence-electron chi connectivity index (χ3n) is 3.95. The van der Waals surface area contributed by atoms with Gasteiger partial charge in [-0.05, 0) is 38.1 Å². The number of rotatable bonds is 9. The predicted octanol–water partition coefficient (Wildman–Crippen LogP) is -0.671. The lowest BCUT2D eigenvalue weighted by Crippen LogP contribution is -2.41. The molecule has 0 bridgehead atoms. The first-order chi connectivity index (χ1) is 9.78. The molecule has 7 nitrogen and oxygen atoms in total. The first-order valence-electron chi connectivity index (χ1n) is 7.43. The molecule has 0 aromatic heterocycles. The van der Waals surface area contributed by atoms with Gasteiger partial charge in [0.25, 0.3) is 10.2 Å². The van der Waals surface area contributed by atoms with Crippen molar-refractivity contribution >= 4 is 20.0 Å². The van der Waals surface area contributed by atoms with E-state index in [1.165, 1.54) is 17.1 Å². The van der Waals surface area contributed by atoms with Crippen LogP contribution in [0.4, 0.5) is 0 Å². The van der Waals surface area contributed by atoms with Crippen molar-refractivity contribution in [1.29, 1.82) is 0 Å². The Morgan fingerprint density at radius 1 is 1.24 bits per heavy atom. The van der Waals surface area contributed by atoms with Gasteiger partial charge in [0.05, 0.1) is 11.5 Å². The van der Waals surface area contributed by atoms with Crippen LogP contribution in [0.1, 0.15) is 25.7 Å². The third-order valence-corrected chi connectivity index (χ3v) is 7.32. The summed E-state index contributed by atoms with van der Waals surface area (Å²) in [7, 11) is -4.92. The van der Waals surface area contributed by atoms with E-state index in [2.05, 4.69) is 10.0 Å². The lowest BCUT2D eigenvalue weighted by Gasteiger charge is -2.19. The molecular weight excluding hydrogens is 314 g/mol. The van der Waals surface area contributed by atoms with Crippen molar-refractivity contribution in [3.05, 3.63) is 0 Å². The average molecular weight is 339 g/mol. The molecule has 0 spiro atoms. The molecule has 1 saturated heterocycles. The predicted molar refractivity (Wildman–Crippen MR) is 82.0 cm³/mol. The SMILES string of the molecule is CN(CCCNC1CC1)S(=O)(=O)NCC1CCS(=O)(=O)C1. The van der Waals surface area contributed by atoms with Crippen molar-refractivity contribution in [3.63, 3.8) is 0 Å². The highest BCUT2D eigenvalue weighted by molar-refractivity contribution is 7.91. The first-order valence-corrected chi connectivity index (χ1v) is 10.7. The minimum atomic E-state index is -3.51. The fourth-order valence-corrected chi connectivity index (χ4v) is 5.28. The van der Waals surface area contributed by atoms with Gasteiger partial charge in [-0.2, -0.15) is 12.7 Å². The number of sulfone groups is 1. The molecule has 2 fully saturated rings. The van der Waals surface area contributed by atoms with Crippen molar-refractivity contribution in [2.45, 2.75) is 31.7 Å². The van der Waals surface area contributed by atoms with Crippen molar-refractivity contribution in [2.24, 2.45) is 5.92 Å². The maximum atomic E-state index is 12.0. The van der Waals surface area contributed by atoms with Crippen LogP contribution in [-0.4, -0.2) is 65.4 Å². The van der Waals surface area contributed by atoms with Gasteiger partial charge >= 0.3 is 0 Å². The van der Waals surface area contributed by atoms with E-state index >= 15 is 0 Å². The summed E-state index contributed by atoms with van der Waals surface area (Å²) in [5.74, 6) is 0.154. The molecule has 2 N–H and O–H groups in total. The molecule has 21 heavy (non-hydrogen) atoms. The van der Waals surface area contributed by atoms with Gasteiger partial charge in [0.2, 0.25) is 0 Å². The monoisotopic (exact) mass is 339 g/mol. The summed E-state index contributed by atoms with van der Waals surface area (Å²) in [5, 5.41) is 3.34. The standard InChI is InChI=1S/C12H25N3O4S2/c1-15(7-2-6-13-12-3-4-12)21(18,19)14-9-11-5-8-20(16,17)10-11/h11-14H,2-10H2,1H3. The van der Waals surface area contributed by atoms with Crippen LogP contribution in [-0.2, 0) is 20.0 Å². The maximum Gasteiger partial charge on any atom is 0.279 e. The molecule has 1 aliphatic heterocycles. The van der Waals surface area contributed by atoms with Gasteiger partial charge in [0, 0.05) is 26.2 Å². The lowest BCUT2D eigenvalue weighted by molar-refractivity contribution is 0.437. The van der Waals surface area contributed by atoms with Gasteiger partial charge in [-0.15, -0.1) is 0 Å². The van der Waals surface area contributed by atoms with E-state index in [1.54, 1.807) is 7.05 Å². The molecular formula is C12H25N3O4S2. The zero-order valence-corrected chi connectivity index (χ0v) is 14.0. The third kappa shape index (κ3) is 5.82. The second-order valence-electron chi connectivity index (χ2n) is 6.03. The second kappa shape index (κ2) is 6.91. The Balaban J connectivity index is 1.67. The fraction of sp³-hybridized carbons (Fsp3) is 1.00. The number of hydrogen-bond acceptors (Lipinski definition) is 5. The number of nitrogens with zero attached hydrogens (tertiary/aromatic N) is 1. The van der Waals surface area contributed by atoms with Crippen LogP contribution in [0.5, 0.6) is 0 Å². The van der Waals surface area contributed by atoms with Crippen LogP contribution in [0.3, 0.4) is 0 Å². The Morgan fingerprint density at radius 2 is 1.95 bits per heavy atom. The molecule has 124 valence electrons. The molecule has 9 heteroatoms.